The zero-order valence-electron chi connectivity index (χ0n) is 23.5. The zero-order chi connectivity index (χ0) is 28.9. The largest absolute Gasteiger partial charge is 0.444 e. The Morgan fingerprint density at radius 3 is 1.93 bits per heavy atom. The number of carbonyl (C=O) groups excluding carboxylic acids is 2. The number of likely N-dealkylation sites (tertiary alicyclic amines) is 1. The second-order valence-corrected chi connectivity index (χ2v) is 13.4. The third-order valence-corrected chi connectivity index (χ3v) is 9.79. The minimum absolute atomic E-state index is 0.00453. The maximum Gasteiger partial charge on any atom is 0.410 e. The van der Waals surface area contributed by atoms with E-state index in [1.807, 2.05) is 50.7 Å². The number of amides is 2. The van der Waals surface area contributed by atoms with Crippen LogP contribution >= 0.6 is 23.1 Å². The van der Waals surface area contributed by atoms with Crippen LogP contribution in [0.15, 0.2) is 103 Å². The average molecular weight is 586 g/mol. The van der Waals surface area contributed by atoms with E-state index in [4.69, 9.17) is 4.74 Å². The Bertz CT molecular complexity index is 1330. The molecule has 1 N–H and O–H groups in total. The number of rotatable bonds is 8. The minimum Gasteiger partial charge on any atom is -0.444 e. The standard InChI is InChI=1S/C33H35N3O3S2/c1-32(2,3)39-31(38)36-20-19-28(27(36)21-35-30(37)29-22-34-23-40-29)41-33(24-13-7-4-8-14-24,25-15-9-5-10-16-25)26-17-11-6-12-18-26/h4-18,22-23,27-28H,19-21H2,1-3H3,(H,35,37). The van der Waals surface area contributed by atoms with Gasteiger partial charge in [-0.1, -0.05) is 91.0 Å². The molecule has 2 amide bonds. The van der Waals surface area contributed by atoms with E-state index in [-0.39, 0.29) is 23.3 Å². The number of nitrogens with one attached hydrogen (secondary N) is 1. The molecule has 0 spiro atoms. The van der Waals surface area contributed by atoms with Crippen molar-refractivity contribution < 1.29 is 14.3 Å². The average Bonchev–Trinajstić information content (AvgIpc) is 3.66. The number of hydrogen-bond donors (Lipinski definition) is 1. The van der Waals surface area contributed by atoms with Crippen LogP contribution in [-0.2, 0) is 9.48 Å². The van der Waals surface area contributed by atoms with Gasteiger partial charge in [-0.3, -0.25) is 9.78 Å². The van der Waals surface area contributed by atoms with Crippen molar-refractivity contribution in [3.63, 3.8) is 0 Å². The van der Waals surface area contributed by atoms with Gasteiger partial charge in [0.05, 0.1) is 22.5 Å². The van der Waals surface area contributed by atoms with Crippen molar-refractivity contribution in [2.45, 2.75) is 48.8 Å². The van der Waals surface area contributed by atoms with Crippen LogP contribution in [0.4, 0.5) is 4.79 Å². The number of nitrogens with zero attached hydrogens (tertiary/aromatic N) is 2. The third-order valence-electron chi connectivity index (χ3n) is 7.11. The lowest BCUT2D eigenvalue weighted by Gasteiger charge is -2.39. The van der Waals surface area contributed by atoms with Gasteiger partial charge in [0.1, 0.15) is 10.5 Å². The number of benzene rings is 3. The van der Waals surface area contributed by atoms with Gasteiger partial charge in [0.25, 0.3) is 5.91 Å². The van der Waals surface area contributed by atoms with Gasteiger partial charge >= 0.3 is 6.09 Å². The molecule has 212 valence electrons. The molecular weight excluding hydrogens is 551 g/mol. The van der Waals surface area contributed by atoms with E-state index in [0.717, 1.165) is 23.1 Å². The van der Waals surface area contributed by atoms with Gasteiger partial charge in [-0.25, -0.2) is 4.79 Å². The normalized spacial score (nSPS) is 17.3. The van der Waals surface area contributed by atoms with E-state index < -0.39 is 10.3 Å². The van der Waals surface area contributed by atoms with E-state index in [0.29, 0.717) is 18.0 Å². The lowest BCUT2D eigenvalue weighted by Crippen LogP contribution is -2.48. The summed E-state index contributed by atoms with van der Waals surface area (Å²) in [6, 6.07) is 31.3. The molecule has 0 radical (unpaired) electrons. The molecule has 1 aromatic heterocycles. The Balaban J connectivity index is 1.56. The van der Waals surface area contributed by atoms with E-state index in [1.54, 1.807) is 16.6 Å². The molecule has 1 aliphatic rings. The van der Waals surface area contributed by atoms with E-state index in [9.17, 15) is 9.59 Å². The van der Waals surface area contributed by atoms with Crippen molar-refractivity contribution in [2.24, 2.45) is 0 Å². The molecule has 6 nitrogen and oxygen atoms in total. The smallest absolute Gasteiger partial charge is 0.410 e. The molecule has 8 heteroatoms. The van der Waals surface area contributed by atoms with E-state index in [1.165, 1.54) is 11.3 Å². The number of thioether (sulfide) groups is 1. The second-order valence-electron chi connectivity index (χ2n) is 11.0. The van der Waals surface area contributed by atoms with Crippen LogP contribution in [0, 0.1) is 0 Å². The van der Waals surface area contributed by atoms with Gasteiger partial charge in [-0.15, -0.1) is 23.1 Å². The quantitative estimate of drug-likeness (QED) is 0.226. The summed E-state index contributed by atoms with van der Waals surface area (Å²) in [5.41, 5.74) is 4.49. The van der Waals surface area contributed by atoms with Gasteiger partial charge < -0.3 is 15.0 Å². The maximum absolute atomic E-state index is 13.4. The second kappa shape index (κ2) is 12.5. The molecule has 5 rings (SSSR count). The SMILES string of the molecule is CC(C)(C)OC(=O)N1CCC(SC(c2ccccc2)(c2ccccc2)c2ccccc2)C1CNC(=O)c1cncs1. The Kier molecular flexibility index (Phi) is 8.80. The fourth-order valence-electron chi connectivity index (χ4n) is 5.31. The number of hydrogen-bond acceptors (Lipinski definition) is 6. The van der Waals surface area contributed by atoms with Gasteiger partial charge in [0.2, 0.25) is 0 Å². The van der Waals surface area contributed by atoms with Crippen LogP contribution in [-0.4, -0.2) is 51.9 Å². The molecule has 2 unspecified atom stereocenters. The molecule has 4 aromatic rings. The lowest BCUT2D eigenvalue weighted by molar-refractivity contribution is 0.0226. The molecule has 0 bridgehead atoms. The first-order chi connectivity index (χ1) is 19.8. The predicted octanol–water partition coefficient (Wildman–Crippen LogP) is 6.98. The summed E-state index contributed by atoms with van der Waals surface area (Å²) in [6.07, 6.45) is 1.97. The molecule has 0 saturated carbocycles. The van der Waals surface area contributed by atoms with Crippen LogP contribution < -0.4 is 5.32 Å². The summed E-state index contributed by atoms with van der Waals surface area (Å²) in [5.74, 6) is -0.187. The number of ether oxygens (including phenoxy) is 1. The summed E-state index contributed by atoms with van der Waals surface area (Å²) >= 11 is 3.14. The van der Waals surface area contributed by atoms with Crippen molar-refractivity contribution >= 4 is 35.1 Å². The van der Waals surface area contributed by atoms with Crippen LogP contribution in [0.5, 0.6) is 0 Å². The van der Waals surface area contributed by atoms with Gasteiger partial charge in [-0.2, -0.15) is 0 Å². The fraction of sp³-hybridized carbons (Fsp3) is 0.303. The third kappa shape index (κ3) is 6.49. The summed E-state index contributed by atoms with van der Waals surface area (Å²) < 4.78 is 5.28. The zero-order valence-corrected chi connectivity index (χ0v) is 25.2. The first kappa shape index (κ1) is 28.9. The highest BCUT2D eigenvalue weighted by Crippen LogP contribution is 2.52. The summed E-state index contributed by atoms with van der Waals surface area (Å²) in [5, 5.41) is 3.08. The van der Waals surface area contributed by atoms with E-state index >= 15 is 0 Å². The van der Waals surface area contributed by atoms with Crippen molar-refractivity contribution in [1.82, 2.24) is 15.2 Å². The Hall–Kier alpha value is -3.62. The maximum atomic E-state index is 13.4. The van der Waals surface area contributed by atoms with E-state index in [2.05, 4.69) is 83.1 Å². The summed E-state index contributed by atoms with van der Waals surface area (Å²) in [4.78, 5) is 32.8. The lowest BCUT2D eigenvalue weighted by atomic mass is 9.84. The van der Waals surface area contributed by atoms with Crippen molar-refractivity contribution in [1.29, 1.82) is 0 Å². The highest BCUT2D eigenvalue weighted by molar-refractivity contribution is 8.01. The Labute approximate surface area is 250 Å². The Morgan fingerprint density at radius 1 is 0.927 bits per heavy atom. The molecule has 41 heavy (non-hydrogen) atoms. The summed E-state index contributed by atoms with van der Waals surface area (Å²) in [6.45, 7) is 6.47. The number of thiazole rings is 1. The highest BCUT2D eigenvalue weighted by Gasteiger charge is 2.46. The monoisotopic (exact) mass is 585 g/mol. The first-order valence-electron chi connectivity index (χ1n) is 13.8. The minimum atomic E-state index is -0.624. The van der Waals surface area contributed by atoms with Crippen molar-refractivity contribution in [2.75, 3.05) is 13.1 Å². The first-order valence-corrected chi connectivity index (χ1v) is 15.5. The number of carbonyl (C=O) groups is 2. The fourth-order valence-corrected chi connectivity index (χ4v) is 7.74. The van der Waals surface area contributed by atoms with Crippen molar-refractivity contribution in [3.8, 4) is 0 Å². The van der Waals surface area contributed by atoms with Gasteiger partial charge in [0.15, 0.2) is 0 Å². The highest BCUT2D eigenvalue weighted by atomic mass is 32.2. The predicted molar refractivity (Wildman–Crippen MR) is 166 cm³/mol. The molecule has 1 aliphatic heterocycles. The molecule has 0 aliphatic carbocycles. The molecule has 3 aromatic carbocycles. The Morgan fingerprint density at radius 2 is 1.46 bits per heavy atom. The van der Waals surface area contributed by atoms with Crippen LogP contribution in [0.3, 0.4) is 0 Å². The molecule has 2 atom stereocenters. The topological polar surface area (TPSA) is 71.5 Å². The molecule has 2 heterocycles. The number of aromatic nitrogens is 1. The van der Waals surface area contributed by atoms with Gasteiger partial charge in [-0.05, 0) is 43.9 Å². The van der Waals surface area contributed by atoms with Crippen LogP contribution in [0.2, 0.25) is 0 Å². The van der Waals surface area contributed by atoms with Gasteiger partial charge in [0, 0.05) is 18.3 Å². The van der Waals surface area contributed by atoms with Crippen molar-refractivity contribution in [3.05, 3.63) is 124 Å². The molecule has 1 fully saturated rings. The summed E-state index contributed by atoms with van der Waals surface area (Å²) in [7, 11) is 0. The molecule has 1 saturated heterocycles. The van der Waals surface area contributed by atoms with Crippen LogP contribution in [0.1, 0.15) is 53.6 Å². The van der Waals surface area contributed by atoms with Crippen LogP contribution in [0.25, 0.3) is 0 Å². The molecular formula is C33H35N3O3S2.